The number of carbonyl (C=O) groups is 1. The topological polar surface area (TPSA) is 118 Å². The highest BCUT2D eigenvalue weighted by Crippen LogP contribution is 2.32. The molecule has 5 rings (SSSR count). The average molecular weight is 593 g/mol. The van der Waals surface area contributed by atoms with Crippen LogP contribution in [0.2, 0.25) is 5.02 Å². The number of fused-ring (bicyclic) bond motifs is 1. The van der Waals surface area contributed by atoms with E-state index in [0.29, 0.717) is 40.6 Å². The van der Waals surface area contributed by atoms with Crippen molar-refractivity contribution in [3.05, 3.63) is 81.1 Å². The number of carbonyl (C=O) groups excluding carboxylic acids is 1. The highest BCUT2D eigenvalue weighted by molar-refractivity contribution is 6.31. The van der Waals surface area contributed by atoms with E-state index in [4.69, 9.17) is 17.3 Å². The van der Waals surface area contributed by atoms with Crippen molar-refractivity contribution < 1.29 is 9.18 Å². The quantitative estimate of drug-likeness (QED) is 0.192. The van der Waals surface area contributed by atoms with Gasteiger partial charge in [0.25, 0.3) is 0 Å². The van der Waals surface area contributed by atoms with Crippen LogP contribution in [0.4, 0.5) is 4.39 Å². The number of H-pyrrole nitrogens is 1. The molecule has 0 spiro atoms. The third-order valence-corrected chi connectivity index (χ3v) is 8.21. The number of aromatic amines is 1. The van der Waals surface area contributed by atoms with Gasteiger partial charge < -0.3 is 21.4 Å². The van der Waals surface area contributed by atoms with Crippen LogP contribution >= 0.6 is 11.6 Å². The largest absolute Gasteiger partial charge is 0.356 e. The average Bonchev–Trinajstić information content (AvgIpc) is 3.37. The molecule has 3 atom stereocenters. The highest BCUT2D eigenvalue weighted by Gasteiger charge is 2.22. The molecule has 0 bridgehead atoms. The summed E-state index contributed by atoms with van der Waals surface area (Å²) in [5, 5.41) is 7.31. The van der Waals surface area contributed by atoms with Gasteiger partial charge in [0.15, 0.2) is 5.82 Å². The van der Waals surface area contributed by atoms with Crippen LogP contribution in [0.3, 0.4) is 0 Å². The Morgan fingerprint density at radius 1 is 1.24 bits per heavy atom. The second-order valence-electron chi connectivity index (χ2n) is 11.4. The minimum absolute atomic E-state index is 0.00809. The van der Waals surface area contributed by atoms with Crippen LogP contribution in [0.15, 0.2) is 53.5 Å². The number of hydrogen-bond acceptors (Lipinski definition) is 5. The molecule has 1 saturated heterocycles. The van der Waals surface area contributed by atoms with E-state index in [1.165, 1.54) is 11.5 Å². The molecule has 3 heterocycles. The Labute approximate surface area is 249 Å². The van der Waals surface area contributed by atoms with Crippen molar-refractivity contribution in [2.75, 3.05) is 6.54 Å². The molecule has 222 valence electrons. The van der Waals surface area contributed by atoms with E-state index in [0.717, 1.165) is 56.1 Å². The molecule has 1 aliphatic rings. The van der Waals surface area contributed by atoms with Gasteiger partial charge in [0.1, 0.15) is 5.65 Å². The molecular formula is C32H38ClFN6O2. The fraction of sp³-hybridized carbons (Fsp3) is 0.406. The monoisotopic (exact) mass is 592 g/mol. The number of amides is 1. The normalized spacial score (nSPS) is 17.8. The summed E-state index contributed by atoms with van der Waals surface area (Å²) in [6.45, 7) is 4.16. The Kier molecular flexibility index (Phi) is 9.40. The third kappa shape index (κ3) is 7.09. The zero-order valence-corrected chi connectivity index (χ0v) is 24.8. The molecule has 1 fully saturated rings. The maximum absolute atomic E-state index is 15.1. The van der Waals surface area contributed by atoms with Gasteiger partial charge in [-0.15, -0.1) is 0 Å². The standard InChI is InChI=1S/C32H38ClFN6O2/c1-19(35)5-3-6-21-15-26(30(34)27(33)16-21)29-17-23-18-40(32(42)39-31(23)38-29)25-11-9-22(10-12-25)28-8-4-7-24(37-28)13-14-36-20(2)41/h9-12,15-19,24,28,37H,3-8,13-14,35H2,1-2H3,(H,36,41)(H,38,39,42)/t19-,24-,28-/m0/s1. The lowest BCUT2D eigenvalue weighted by Crippen LogP contribution is -2.39. The van der Waals surface area contributed by atoms with Crippen molar-refractivity contribution >= 4 is 28.5 Å². The molecule has 2 aromatic carbocycles. The number of nitrogens with one attached hydrogen (secondary N) is 3. The van der Waals surface area contributed by atoms with Crippen molar-refractivity contribution in [3.63, 3.8) is 0 Å². The Morgan fingerprint density at radius 3 is 2.76 bits per heavy atom. The molecule has 5 N–H and O–H groups in total. The first kappa shape index (κ1) is 29.9. The van der Waals surface area contributed by atoms with E-state index in [1.54, 1.807) is 24.4 Å². The number of nitrogens with two attached hydrogens (primary N) is 1. The van der Waals surface area contributed by atoms with Crippen molar-refractivity contribution in [1.29, 1.82) is 0 Å². The zero-order valence-electron chi connectivity index (χ0n) is 24.1. The maximum atomic E-state index is 15.1. The van der Waals surface area contributed by atoms with Crippen LogP contribution < -0.4 is 22.1 Å². The number of piperidine rings is 1. The summed E-state index contributed by atoms with van der Waals surface area (Å²) < 4.78 is 16.6. The second-order valence-corrected chi connectivity index (χ2v) is 11.8. The van der Waals surface area contributed by atoms with Gasteiger partial charge in [-0.3, -0.25) is 9.36 Å². The fourth-order valence-electron chi connectivity index (χ4n) is 5.74. The zero-order chi connectivity index (χ0) is 29.8. The first-order valence-corrected chi connectivity index (χ1v) is 15.0. The van der Waals surface area contributed by atoms with Crippen molar-refractivity contribution in [2.45, 2.75) is 76.9 Å². The minimum Gasteiger partial charge on any atom is -0.356 e. The molecule has 0 radical (unpaired) electrons. The van der Waals surface area contributed by atoms with Gasteiger partial charge in [-0.1, -0.05) is 30.2 Å². The first-order valence-electron chi connectivity index (χ1n) is 14.6. The summed E-state index contributed by atoms with van der Waals surface area (Å²) in [5.74, 6) is -0.523. The van der Waals surface area contributed by atoms with Crippen LogP contribution in [0.1, 0.15) is 69.5 Å². The number of aryl methyl sites for hydroxylation is 1. The molecule has 10 heteroatoms. The van der Waals surface area contributed by atoms with Gasteiger partial charge in [-0.25, -0.2) is 9.18 Å². The van der Waals surface area contributed by atoms with Crippen LogP contribution in [0.5, 0.6) is 0 Å². The van der Waals surface area contributed by atoms with Gasteiger partial charge in [-0.05, 0) is 86.9 Å². The number of benzene rings is 2. The first-order chi connectivity index (χ1) is 20.2. The lowest BCUT2D eigenvalue weighted by Gasteiger charge is -2.31. The Hall–Kier alpha value is -3.53. The van der Waals surface area contributed by atoms with E-state index in [9.17, 15) is 9.59 Å². The summed E-state index contributed by atoms with van der Waals surface area (Å²) in [7, 11) is 0. The fourth-order valence-corrected chi connectivity index (χ4v) is 5.98. The van der Waals surface area contributed by atoms with Crippen LogP contribution in [-0.4, -0.2) is 39.1 Å². The molecule has 0 unspecified atom stereocenters. The van der Waals surface area contributed by atoms with Gasteiger partial charge in [0.2, 0.25) is 5.91 Å². The van der Waals surface area contributed by atoms with E-state index in [1.807, 2.05) is 31.2 Å². The predicted molar refractivity (Wildman–Crippen MR) is 165 cm³/mol. The van der Waals surface area contributed by atoms with Crippen molar-refractivity contribution in [3.8, 4) is 16.9 Å². The van der Waals surface area contributed by atoms with Crippen LogP contribution in [0.25, 0.3) is 28.0 Å². The summed E-state index contributed by atoms with van der Waals surface area (Å²) in [5.41, 5.74) is 9.46. The number of nitrogens with zero attached hydrogens (tertiary/aromatic N) is 2. The van der Waals surface area contributed by atoms with Gasteiger partial charge >= 0.3 is 5.69 Å². The molecular weight excluding hydrogens is 555 g/mol. The maximum Gasteiger partial charge on any atom is 0.354 e. The molecule has 1 aliphatic heterocycles. The Bertz CT molecular complexity index is 1610. The second kappa shape index (κ2) is 13.2. The molecule has 4 aromatic rings. The van der Waals surface area contributed by atoms with Crippen LogP contribution in [-0.2, 0) is 11.2 Å². The molecule has 2 aromatic heterocycles. The number of aromatic nitrogens is 3. The van der Waals surface area contributed by atoms with Crippen molar-refractivity contribution in [2.24, 2.45) is 5.73 Å². The van der Waals surface area contributed by atoms with E-state index >= 15 is 4.39 Å². The SMILES string of the molecule is CC(=O)NCC[C@@H]1CCC[C@@H](c2ccc(-n3cc4cc(-c5cc(CCC[C@H](C)N)cc(Cl)c5F)[nH]c4nc3=O)cc2)N1. The minimum atomic E-state index is -0.515. The molecule has 1 amide bonds. The van der Waals surface area contributed by atoms with E-state index in [-0.39, 0.29) is 23.0 Å². The molecule has 0 aliphatic carbocycles. The predicted octanol–water partition coefficient (Wildman–Crippen LogP) is 5.55. The highest BCUT2D eigenvalue weighted by atomic mass is 35.5. The van der Waals surface area contributed by atoms with E-state index < -0.39 is 11.5 Å². The third-order valence-electron chi connectivity index (χ3n) is 7.93. The molecule has 8 nitrogen and oxygen atoms in total. The summed E-state index contributed by atoms with van der Waals surface area (Å²) >= 11 is 6.25. The summed E-state index contributed by atoms with van der Waals surface area (Å²) in [4.78, 5) is 31.5. The van der Waals surface area contributed by atoms with Gasteiger partial charge in [0, 0.05) is 48.7 Å². The van der Waals surface area contributed by atoms with Crippen molar-refractivity contribution in [1.82, 2.24) is 25.2 Å². The molecule has 42 heavy (non-hydrogen) atoms. The lowest BCUT2D eigenvalue weighted by molar-refractivity contribution is -0.118. The van der Waals surface area contributed by atoms with E-state index in [2.05, 4.69) is 20.6 Å². The lowest BCUT2D eigenvalue weighted by atomic mass is 9.92. The number of rotatable bonds is 10. The van der Waals surface area contributed by atoms with Crippen LogP contribution in [0, 0.1) is 5.82 Å². The summed E-state index contributed by atoms with van der Waals surface area (Å²) in [6.07, 6.45) is 8.33. The summed E-state index contributed by atoms with van der Waals surface area (Å²) in [6, 6.07) is 13.8. The Morgan fingerprint density at radius 2 is 2.02 bits per heavy atom. The smallest absolute Gasteiger partial charge is 0.354 e. The Balaban J connectivity index is 1.35. The van der Waals surface area contributed by atoms with Gasteiger partial charge in [-0.2, -0.15) is 4.98 Å². The number of hydrogen-bond donors (Lipinski definition) is 4. The molecule has 0 saturated carbocycles. The number of halogens is 2. The van der Waals surface area contributed by atoms with Gasteiger partial charge in [0.05, 0.1) is 16.4 Å².